The van der Waals surface area contributed by atoms with Crippen LogP contribution in [-0.4, -0.2) is 15.9 Å². The summed E-state index contributed by atoms with van der Waals surface area (Å²) in [6.45, 7) is 0. The molecule has 0 saturated heterocycles. The molecule has 2 rings (SSSR count). The highest BCUT2D eigenvalue weighted by Crippen LogP contribution is 2.22. The van der Waals surface area contributed by atoms with Gasteiger partial charge in [0.05, 0.1) is 28.7 Å². The number of hydrogen-bond acceptors (Lipinski definition) is 4. The highest BCUT2D eigenvalue weighted by Gasteiger charge is 2.13. The first-order chi connectivity index (χ1) is 8.18. The molecule has 0 aliphatic rings. The third-order valence-electron chi connectivity index (χ3n) is 2.09. The summed E-state index contributed by atoms with van der Waals surface area (Å²) in [7, 11) is 0. The summed E-state index contributed by atoms with van der Waals surface area (Å²) in [5, 5.41) is 2.92. The van der Waals surface area contributed by atoms with E-state index in [2.05, 4.69) is 15.3 Å². The van der Waals surface area contributed by atoms with Crippen LogP contribution in [-0.2, 0) is 0 Å². The number of carbonyl (C=O) groups is 1. The molecule has 1 amide bonds. The number of nitrogen functional groups attached to an aromatic ring is 1. The van der Waals surface area contributed by atoms with Crippen LogP contribution in [0.25, 0.3) is 0 Å². The van der Waals surface area contributed by atoms with Crippen molar-refractivity contribution in [3.05, 3.63) is 47.5 Å². The summed E-state index contributed by atoms with van der Waals surface area (Å²) in [4.78, 5) is 19.5. The lowest BCUT2D eigenvalue weighted by molar-refractivity contribution is 0.102. The van der Waals surface area contributed by atoms with E-state index in [0.717, 1.165) is 0 Å². The summed E-state index contributed by atoms with van der Waals surface area (Å²) in [6, 6.07) is 4.90. The Balaban J connectivity index is 2.27. The van der Waals surface area contributed by atoms with E-state index < -0.39 is 0 Å². The smallest absolute Gasteiger partial charge is 0.259 e. The number of amides is 1. The predicted molar refractivity (Wildman–Crippen MR) is 65.8 cm³/mol. The SMILES string of the molecule is Nc1cccc(Cl)c1C(=O)Nc1cncnc1. The van der Waals surface area contributed by atoms with Crippen molar-refractivity contribution in [3.63, 3.8) is 0 Å². The topological polar surface area (TPSA) is 80.9 Å². The van der Waals surface area contributed by atoms with Crippen molar-refractivity contribution in [2.75, 3.05) is 11.1 Å². The molecule has 0 aliphatic heterocycles. The van der Waals surface area contributed by atoms with E-state index in [0.29, 0.717) is 16.4 Å². The highest BCUT2D eigenvalue weighted by atomic mass is 35.5. The maximum atomic E-state index is 11.9. The van der Waals surface area contributed by atoms with Gasteiger partial charge in [-0.2, -0.15) is 0 Å². The zero-order valence-electron chi connectivity index (χ0n) is 8.72. The molecule has 1 heterocycles. The lowest BCUT2D eigenvalue weighted by atomic mass is 10.1. The van der Waals surface area contributed by atoms with Crippen molar-refractivity contribution in [2.45, 2.75) is 0 Å². The van der Waals surface area contributed by atoms with Crippen LogP contribution in [0.1, 0.15) is 10.4 Å². The fourth-order valence-electron chi connectivity index (χ4n) is 1.34. The molecular formula is C11H9ClN4O. The highest BCUT2D eigenvalue weighted by molar-refractivity contribution is 6.35. The molecule has 6 heteroatoms. The first kappa shape index (κ1) is 11.3. The van der Waals surface area contributed by atoms with E-state index in [4.69, 9.17) is 17.3 Å². The molecule has 1 aromatic carbocycles. The molecule has 5 nitrogen and oxygen atoms in total. The third-order valence-corrected chi connectivity index (χ3v) is 2.41. The largest absolute Gasteiger partial charge is 0.398 e. The number of benzene rings is 1. The summed E-state index contributed by atoms with van der Waals surface area (Å²) < 4.78 is 0. The standard InChI is InChI=1S/C11H9ClN4O/c12-8-2-1-3-9(13)10(8)11(17)16-7-4-14-6-15-5-7/h1-6H,13H2,(H,16,17). The fraction of sp³-hybridized carbons (Fsp3) is 0. The third kappa shape index (κ3) is 2.51. The molecule has 0 unspecified atom stereocenters. The Hall–Kier alpha value is -2.14. The molecule has 86 valence electrons. The van der Waals surface area contributed by atoms with Gasteiger partial charge < -0.3 is 11.1 Å². The maximum absolute atomic E-state index is 11.9. The second-order valence-electron chi connectivity index (χ2n) is 3.29. The maximum Gasteiger partial charge on any atom is 0.259 e. The molecular weight excluding hydrogens is 240 g/mol. The Morgan fingerprint density at radius 3 is 2.65 bits per heavy atom. The lowest BCUT2D eigenvalue weighted by Crippen LogP contribution is -2.14. The lowest BCUT2D eigenvalue weighted by Gasteiger charge is -2.08. The monoisotopic (exact) mass is 248 g/mol. The number of nitrogens with two attached hydrogens (primary N) is 1. The van der Waals surface area contributed by atoms with Crippen molar-refractivity contribution < 1.29 is 4.79 Å². The van der Waals surface area contributed by atoms with Crippen molar-refractivity contribution in [2.24, 2.45) is 0 Å². The molecule has 0 bridgehead atoms. The molecule has 0 spiro atoms. The Morgan fingerprint density at radius 1 is 1.29 bits per heavy atom. The van der Waals surface area contributed by atoms with Crippen LogP contribution >= 0.6 is 11.6 Å². The van der Waals surface area contributed by atoms with Crippen molar-refractivity contribution >= 4 is 28.9 Å². The van der Waals surface area contributed by atoms with Crippen molar-refractivity contribution in [1.29, 1.82) is 0 Å². The van der Waals surface area contributed by atoms with E-state index in [9.17, 15) is 4.79 Å². The number of anilines is 2. The van der Waals surface area contributed by atoms with E-state index in [1.54, 1.807) is 18.2 Å². The molecule has 1 aromatic heterocycles. The first-order valence-corrected chi connectivity index (χ1v) is 5.16. The van der Waals surface area contributed by atoms with Gasteiger partial charge >= 0.3 is 0 Å². The van der Waals surface area contributed by atoms with Gasteiger partial charge in [-0.05, 0) is 12.1 Å². The van der Waals surface area contributed by atoms with Crippen LogP contribution in [0.4, 0.5) is 11.4 Å². The number of hydrogen-bond donors (Lipinski definition) is 2. The quantitative estimate of drug-likeness (QED) is 0.796. The summed E-state index contributed by atoms with van der Waals surface area (Å²) in [5.41, 5.74) is 6.76. The Bertz CT molecular complexity index is 524. The number of nitrogens with zero attached hydrogens (tertiary/aromatic N) is 2. The van der Waals surface area contributed by atoms with Crippen LogP contribution in [0.2, 0.25) is 5.02 Å². The van der Waals surface area contributed by atoms with Crippen LogP contribution < -0.4 is 11.1 Å². The second-order valence-corrected chi connectivity index (χ2v) is 3.69. The number of aromatic nitrogens is 2. The number of halogens is 1. The Labute approximate surface area is 103 Å². The van der Waals surface area contributed by atoms with Crippen LogP contribution in [0.3, 0.4) is 0 Å². The van der Waals surface area contributed by atoms with Gasteiger partial charge in [0.25, 0.3) is 5.91 Å². The van der Waals surface area contributed by atoms with E-state index >= 15 is 0 Å². The van der Waals surface area contributed by atoms with Gasteiger partial charge in [-0.3, -0.25) is 4.79 Å². The van der Waals surface area contributed by atoms with Gasteiger partial charge in [0.2, 0.25) is 0 Å². The van der Waals surface area contributed by atoms with Gasteiger partial charge in [0.15, 0.2) is 0 Å². The Kier molecular flexibility index (Phi) is 3.20. The van der Waals surface area contributed by atoms with Crippen LogP contribution in [0.5, 0.6) is 0 Å². The van der Waals surface area contributed by atoms with E-state index in [1.807, 2.05) is 0 Å². The average Bonchev–Trinajstić information content (AvgIpc) is 2.30. The Morgan fingerprint density at radius 2 is 2.00 bits per heavy atom. The zero-order valence-corrected chi connectivity index (χ0v) is 9.48. The predicted octanol–water partition coefficient (Wildman–Crippen LogP) is 1.96. The van der Waals surface area contributed by atoms with Gasteiger partial charge in [0.1, 0.15) is 6.33 Å². The van der Waals surface area contributed by atoms with Gasteiger partial charge in [-0.1, -0.05) is 17.7 Å². The van der Waals surface area contributed by atoms with Gasteiger partial charge in [-0.15, -0.1) is 0 Å². The number of nitrogens with one attached hydrogen (secondary N) is 1. The van der Waals surface area contributed by atoms with Crippen LogP contribution in [0.15, 0.2) is 36.9 Å². The number of carbonyl (C=O) groups excluding carboxylic acids is 1. The number of rotatable bonds is 2. The summed E-state index contributed by atoms with van der Waals surface area (Å²) in [5.74, 6) is -0.386. The zero-order chi connectivity index (χ0) is 12.3. The molecule has 0 radical (unpaired) electrons. The fourth-order valence-corrected chi connectivity index (χ4v) is 1.61. The second kappa shape index (κ2) is 4.80. The van der Waals surface area contributed by atoms with E-state index in [-0.39, 0.29) is 11.5 Å². The molecule has 3 N–H and O–H groups in total. The minimum absolute atomic E-state index is 0.248. The molecule has 0 saturated carbocycles. The van der Waals surface area contributed by atoms with Gasteiger partial charge in [0, 0.05) is 5.69 Å². The minimum atomic E-state index is -0.386. The molecule has 0 fully saturated rings. The first-order valence-electron chi connectivity index (χ1n) is 4.79. The normalized spacial score (nSPS) is 9.94. The molecule has 0 aliphatic carbocycles. The molecule has 17 heavy (non-hydrogen) atoms. The average molecular weight is 249 g/mol. The van der Waals surface area contributed by atoms with Crippen molar-refractivity contribution in [3.8, 4) is 0 Å². The minimum Gasteiger partial charge on any atom is -0.398 e. The van der Waals surface area contributed by atoms with Gasteiger partial charge in [-0.25, -0.2) is 9.97 Å². The van der Waals surface area contributed by atoms with Crippen molar-refractivity contribution in [1.82, 2.24) is 9.97 Å². The van der Waals surface area contributed by atoms with Crippen LogP contribution in [0, 0.1) is 0 Å². The molecule has 2 aromatic rings. The molecule has 0 atom stereocenters. The summed E-state index contributed by atoms with van der Waals surface area (Å²) in [6.07, 6.45) is 4.34. The van der Waals surface area contributed by atoms with E-state index in [1.165, 1.54) is 18.7 Å². The summed E-state index contributed by atoms with van der Waals surface area (Å²) >= 11 is 5.92.